The van der Waals surface area contributed by atoms with Gasteiger partial charge in [-0.05, 0) is 30.2 Å². The number of nitrogens with zero attached hydrogens (tertiary/aromatic N) is 1. The van der Waals surface area contributed by atoms with Gasteiger partial charge in [-0.25, -0.2) is 0 Å². The van der Waals surface area contributed by atoms with Crippen molar-refractivity contribution in [3.63, 3.8) is 0 Å². The number of fused-ring (bicyclic) bond motifs is 1. The van der Waals surface area contributed by atoms with Gasteiger partial charge < -0.3 is 20.1 Å². The second kappa shape index (κ2) is 10.3. The third kappa shape index (κ3) is 5.52. The number of aliphatic imine (C=N–C) groups is 1. The van der Waals surface area contributed by atoms with Crippen LogP contribution in [0.2, 0.25) is 0 Å². The molecule has 1 aliphatic heterocycles. The monoisotopic (exact) mass is 467 g/mol. The lowest BCUT2D eigenvalue weighted by Crippen LogP contribution is -2.38. The second-order valence-corrected chi connectivity index (χ2v) is 6.03. The smallest absolute Gasteiger partial charge is 0.191 e. The molecule has 0 spiro atoms. The first-order valence-corrected chi connectivity index (χ1v) is 8.67. The molecule has 0 aliphatic carbocycles. The standard InChI is InChI=1S/C20H25N3O2.HI/c1-15(17-7-4-3-5-8-17)23-20(21-2)22-14-16-9-10-18-19(13-16)25-12-6-11-24-18;/h3-5,7-10,13,15H,6,11-12,14H2,1-2H3,(H2,21,22,23);1H. The molecule has 3 rings (SSSR count). The third-order valence-corrected chi connectivity index (χ3v) is 4.15. The molecule has 140 valence electrons. The maximum Gasteiger partial charge on any atom is 0.191 e. The van der Waals surface area contributed by atoms with Crippen molar-refractivity contribution in [1.29, 1.82) is 0 Å². The molecule has 1 heterocycles. The molecule has 1 aliphatic rings. The van der Waals surface area contributed by atoms with E-state index >= 15 is 0 Å². The zero-order chi connectivity index (χ0) is 17.5. The van der Waals surface area contributed by atoms with Gasteiger partial charge in [0.05, 0.1) is 19.3 Å². The SMILES string of the molecule is CN=C(NCc1ccc2c(c1)OCCCO2)NC(C)c1ccccc1.I. The summed E-state index contributed by atoms with van der Waals surface area (Å²) in [5, 5.41) is 6.76. The van der Waals surface area contributed by atoms with Gasteiger partial charge in [-0.2, -0.15) is 0 Å². The first kappa shape index (κ1) is 20.4. The van der Waals surface area contributed by atoms with Crippen LogP contribution in [0, 0.1) is 0 Å². The van der Waals surface area contributed by atoms with Crippen molar-refractivity contribution in [2.45, 2.75) is 25.9 Å². The van der Waals surface area contributed by atoms with Crippen molar-refractivity contribution in [3.8, 4) is 11.5 Å². The van der Waals surface area contributed by atoms with Crippen molar-refractivity contribution in [1.82, 2.24) is 10.6 Å². The molecule has 0 bridgehead atoms. The summed E-state index contributed by atoms with van der Waals surface area (Å²) < 4.78 is 11.4. The average molecular weight is 467 g/mol. The van der Waals surface area contributed by atoms with Crippen molar-refractivity contribution >= 4 is 29.9 Å². The van der Waals surface area contributed by atoms with Gasteiger partial charge in [0.2, 0.25) is 0 Å². The van der Waals surface area contributed by atoms with Gasteiger partial charge in [-0.3, -0.25) is 4.99 Å². The molecule has 5 nitrogen and oxygen atoms in total. The summed E-state index contributed by atoms with van der Waals surface area (Å²) in [4.78, 5) is 4.31. The number of halogens is 1. The minimum absolute atomic E-state index is 0. The first-order chi connectivity index (χ1) is 12.3. The van der Waals surface area contributed by atoms with Crippen molar-refractivity contribution in [3.05, 3.63) is 59.7 Å². The molecule has 2 aromatic rings. The number of rotatable bonds is 4. The largest absolute Gasteiger partial charge is 0.490 e. The topological polar surface area (TPSA) is 54.9 Å². The number of nitrogens with one attached hydrogen (secondary N) is 2. The van der Waals surface area contributed by atoms with E-state index in [0.717, 1.165) is 29.4 Å². The summed E-state index contributed by atoms with van der Waals surface area (Å²) in [6.45, 7) is 4.19. The highest BCUT2D eigenvalue weighted by molar-refractivity contribution is 14.0. The summed E-state index contributed by atoms with van der Waals surface area (Å²) in [7, 11) is 1.78. The fourth-order valence-corrected chi connectivity index (χ4v) is 2.73. The minimum Gasteiger partial charge on any atom is -0.490 e. The van der Waals surface area contributed by atoms with Crippen LogP contribution < -0.4 is 20.1 Å². The van der Waals surface area contributed by atoms with Crippen LogP contribution in [0.3, 0.4) is 0 Å². The Kier molecular flexibility index (Phi) is 8.03. The van der Waals surface area contributed by atoms with Gasteiger partial charge in [-0.15, -0.1) is 24.0 Å². The van der Waals surface area contributed by atoms with Crippen molar-refractivity contribution < 1.29 is 9.47 Å². The van der Waals surface area contributed by atoms with Crippen LogP contribution in [0.5, 0.6) is 11.5 Å². The lowest BCUT2D eigenvalue weighted by atomic mass is 10.1. The maximum absolute atomic E-state index is 5.75. The summed E-state index contributed by atoms with van der Waals surface area (Å²) in [6, 6.07) is 16.5. The number of guanidine groups is 1. The molecule has 0 amide bonds. The average Bonchev–Trinajstić information content (AvgIpc) is 2.90. The molecular formula is C20H26IN3O2. The first-order valence-electron chi connectivity index (χ1n) is 8.67. The van der Waals surface area contributed by atoms with E-state index in [1.54, 1.807) is 7.05 Å². The molecule has 6 heteroatoms. The maximum atomic E-state index is 5.75. The van der Waals surface area contributed by atoms with Gasteiger partial charge in [0.1, 0.15) is 0 Å². The van der Waals surface area contributed by atoms with E-state index in [4.69, 9.17) is 9.47 Å². The number of benzene rings is 2. The Bertz CT molecular complexity index is 722. The van der Waals surface area contributed by atoms with Gasteiger partial charge in [0.15, 0.2) is 17.5 Å². The molecular weight excluding hydrogens is 441 g/mol. The summed E-state index contributed by atoms with van der Waals surface area (Å²) in [5.41, 5.74) is 2.35. The lowest BCUT2D eigenvalue weighted by molar-refractivity contribution is 0.297. The fourth-order valence-electron chi connectivity index (χ4n) is 2.73. The molecule has 0 saturated carbocycles. The molecule has 0 radical (unpaired) electrons. The predicted molar refractivity (Wildman–Crippen MR) is 116 cm³/mol. The highest BCUT2D eigenvalue weighted by atomic mass is 127. The van der Waals surface area contributed by atoms with E-state index in [9.17, 15) is 0 Å². The summed E-state index contributed by atoms with van der Waals surface area (Å²) >= 11 is 0. The van der Waals surface area contributed by atoms with Crippen LogP contribution in [0.15, 0.2) is 53.5 Å². The molecule has 2 aromatic carbocycles. The van der Waals surface area contributed by atoms with Crippen LogP contribution >= 0.6 is 24.0 Å². The van der Waals surface area contributed by atoms with E-state index in [1.807, 2.05) is 30.3 Å². The molecule has 2 N–H and O–H groups in total. The Morgan fingerprint density at radius 3 is 2.54 bits per heavy atom. The number of hydrogen-bond donors (Lipinski definition) is 2. The minimum atomic E-state index is 0. The lowest BCUT2D eigenvalue weighted by Gasteiger charge is -2.18. The van der Waals surface area contributed by atoms with Gasteiger partial charge in [-0.1, -0.05) is 36.4 Å². The van der Waals surface area contributed by atoms with Crippen LogP contribution in [0.1, 0.15) is 30.5 Å². The highest BCUT2D eigenvalue weighted by Gasteiger charge is 2.11. The Morgan fingerprint density at radius 2 is 1.81 bits per heavy atom. The quantitative estimate of drug-likeness (QED) is 0.407. The van der Waals surface area contributed by atoms with E-state index in [1.165, 1.54) is 5.56 Å². The van der Waals surface area contributed by atoms with E-state index in [-0.39, 0.29) is 30.0 Å². The number of hydrogen-bond acceptors (Lipinski definition) is 3. The Balaban J connectivity index is 0.00000243. The zero-order valence-electron chi connectivity index (χ0n) is 15.2. The molecule has 1 unspecified atom stereocenters. The van der Waals surface area contributed by atoms with E-state index in [0.29, 0.717) is 19.8 Å². The Morgan fingerprint density at radius 1 is 1.08 bits per heavy atom. The van der Waals surface area contributed by atoms with Crippen molar-refractivity contribution in [2.75, 3.05) is 20.3 Å². The van der Waals surface area contributed by atoms with Crippen LogP contribution in [-0.4, -0.2) is 26.2 Å². The Hall–Kier alpha value is -1.96. The molecule has 26 heavy (non-hydrogen) atoms. The summed E-state index contributed by atoms with van der Waals surface area (Å²) in [6.07, 6.45) is 0.913. The van der Waals surface area contributed by atoms with Gasteiger partial charge in [0.25, 0.3) is 0 Å². The van der Waals surface area contributed by atoms with Gasteiger partial charge >= 0.3 is 0 Å². The molecule has 1 atom stereocenters. The highest BCUT2D eigenvalue weighted by Crippen LogP contribution is 2.30. The van der Waals surface area contributed by atoms with Crippen LogP contribution in [-0.2, 0) is 6.54 Å². The normalized spacial score (nSPS) is 14.6. The Labute approximate surface area is 172 Å². The second-order valence-electron chi connectivity index (χ2n) is 6.03. The van der Waals surface area contributed by atoms with Gasteiger partial charge in [0, 0.05) is 20.0 Å². The zero-order valence-corrected chi connectivity index (χ0v) is 17.5. The fraction of sp³-hybridized carbons (Fsp3) is 0.350. The predicted octanol–water partition coefficient (Wildman–Crippen LogP) is 3.89. The van der Waals surface area contributed by atoms with Crippen molar-refractivity contribution in [2.24, 2.45) is 4.99 Å². The third-order valence-electron chi connectivity index (χ3n) is 4.15. The summed E-state index contributed by atoms with van der Waals surface area (Å²) in [5.74, 6) is 2.40. The number of ether oxygens (including phenoxy) is 2. The molecule has 0 aromatic heterocycles. The van der Waals surface area contributed by atoms with Crippen LogP contribution in [0.4, 0.5) is 0 Å². The molecule has 0 saturated heterocycles. The molecule has 0 fully saturated rings. The van der Waals surface area contributed by atoms with E-state index in [2.05, 4.69) is 40.7 Å². The van der Waals surface area contributed by atoms with E-state index < -0.39 is 0 Å². The van der Waals surface area contributed by atoms with Crippen LogP contribution in [0.25, 0.3) is 0 Å².